The lowest BCUT2D eigenvalue weighted by atomic mass is 9.72. The van der Waals surface area contributed by atoms with Gasteiger partial charge in [0.1, 0.15) is 5.69 Å². The van der Waals surface area contributed by atoms with Crippen molar-refractivity contribution in [2.75, 3.05) is 0 Å². The minimum Gasteiger partial charge on any atom is -0.338 e. The Balaban J connectivity index is 1.96. The molecule has 2 N–H and O–H groups in total. The second kappa shape index (κ2) is 5.22. The van der Waals surface area contributed by atoms with E-state index in [-0.39, 0.29) is 11.5 Å². The molecule has 0 aliphatic heterocycles. The smallest absolute Gasteiger partial charge is 0.234 e. The van der Waals surface area contributed by atoms with Gasteiger partial charge in [-0.15, -0.1) is 0 Å². The molecular formula is C16H22N4O. The van der Waals surface area contributed by atoms with Crippen LogP contribution in [0.5, 0.6) is 0 Å². The highest BCUT2D eigenvalue weighted by molar-refractivity contribution is 5.54. The summed E-state index contributed by atoms with van der Waals surface area (Å²) in [5.41, 5.74) is 9.04. The first-order chi connectivity index (χ1) is 10.0. The van der Waals surface area contributed by atoms with E-state index in [1.807, 2.05) is 20.0 Å². The van der Waals surface area contributed by atoms with Crippen LogP contribution in [0.2, 0.25) is 0 Å². The van der Waals surface area contributed by atoms with E-state index in [1.54, 1.807) is 0 Å². The van der Waals surface area contributed by atoms with E-state index in [0.717, 1.165) is 36.1 Å². The molecule has 5 heteroatoms. The molecule has 3 rings (SSSR count). The molecule has 2 unspecified atom stereocenters. The zero-order chi connectivity index (χ0) is 15.0. The summed E-state index contributed by atoms with van der Waals surface area (Å²) in [5.74, 6) is 1.20. The first kappa shape index (κ1) is 14.2. The first-order valence-electron chi connectivity index (χ1n) is 7.54. The maximum absolute atomic E-state index is 6.30. The van der Waals surface area contributed by atoms with Crippen LogP contribution in [0.1, 0.15) is 49.6 Å². The van der Waals surface area contributed by atoms with Crippen LogP contribution in [0, 0.1) is 13.8 Å². The van der Waals surface area contributed by atoms with Gasteiger partial charge in [-0.05, 0) is 44.7 Å². The molecule has 0 radical (unpaired) electrons. The highest BCUT2D eigenvalue weighted by atomic mass is 16.5. The summed E-state index contributed by atoms with van der Waals surface area (Å²) in [7, 11) is 0. The summed E-state index contributed by atoms with van der Waals surface area (Å²) in [5, 5.41) is 4.13. The molecule has 21 heavy (non-hydrogen) atoms. The fourth-order valence-corrected chi connectivity index (χ4v) is 3.13. The van der Waals surface area contributed by atoms with Crippen LogP contribution < -0.4 is 5.73 Å². The topological polar surface area (TPSA) is 77.8 Å². The zero-order valence-corrected chi connectivity index (χ0v) is 12.9. The van der Waals surface area contributed by atoms with Gasteiger partial charge in [-0.3, -0.25) is 4.98 Å². The van der Waals surface area contributed by atoms with Crippen molar-refractivity contribution < 1.29 is 4.52 Å². The number of aromatic nitrogens is 3. The van der Waals surface area contributed by atoms with Gasteiger partial charge < -0.3 is 10.3 Å². The Morgan fingerprint density at radius 3 is 2.86 bits per heavy atom. The monoisotopic (exact) mass is 286 g/mol. The molecule has 0 spiro atoms. The normalized spacial score (nSPS) is 26.0. The van der Waals surface area contributed by atoms with Gasteiger partial charge in [0, 0.05) is 12.2 Å². The minimum atomic E-state index is -0.220. The third-order valence-electron chi connectivity index (χ3n) is 4.62. The van der Waals surface area contributed by atoms with E-state index in [2.05, 4.69) is 28.1 Å². The number of nitrogens with zero attached hydrogens (tertiary/aromatic N) is 3. The molecule has 5 nitrogen and oxygen atoms in total. The predicted octanol–water partition coefficient (Wildman–Crippen LogP) is 2.91. The molecule has 0 aromatic carbocycles. The summed E-state index contributed by atoms with van der Waals surface area (Å²) >= 11 is 0. The van der Waals surface area contributed by atoms with Gasteiger partial charge in [0.2, 0.25) is 11.7 Å². The first-order valence-corrected chi connectivity index (χ1v) is 7.54. The van der Waals surface area contributed by atoms with Gasteiger partial charge in [-0.1, -0.05) is 24.1 Å². The second-order valence-electron chi connectivity index (χ2n) is 6.37. The lowest BCUT2D eigenvalue weighted by Gasteiger charge is -2.35. The molecule has 0 amide bonds. The zero-order valence-electron chi connectivity index (χ0n) is 12.9. The van der Waals surface area contributed by atoms with Crippen molar-refractivity contribution in [1.82, 2.24) is 15.1 Å². The molecule has 112 valence electrons. The van der Waals surface area contributed by atoms with Gasteiger partial charge >= 0.3 is 0 Å². The van der Waals surface area contributed by atoms with Crippen LogP contribution in [0.15, 0.2) is 16.8 Å². The molecule has 2 atom stereocenters. The van der Waals surface area contributed by atoms with Crippen LogP contribution in [0.25, 0.3) is 11.5 Å². The van der Waals surface area contributed by atoms with Crippen LogP contribution in [-0.4, -0.2) is 21.2 Å². The largest absolute Gasteiger partial charge is 0.338 e. The number of hydrogen-bond donors (Lipinski definition) is 1. The Morgan fingerprint density at radius 2 is 2.14 bits per heavy atom. The van der Waals surface area contributed by atoms with E-state index in [1.165, 1.54) is 6.42 Å². The molecule has 1 aliphatic carbocycles. The van der Waals surface area contributed by atoms with Crippen LogP contribution in [0.3, 0.4) is 0 Å². The fraction of sp³-hybridized carbons (Fsp3) is 0.562. The average molecular weight is 286 g/mol. The van der Waals surface area contributed by atoms with Crippen LogP contribution >= 0.6 is 0 Å². The Labute approximate surface area is 125 Å². The second-order valence-corrected chi connectivity index (χ2v) is 6.37. The number of nitrogens with two attached hydrogens (primary N) is 1. The van der Waals surface area contributed by atoms with Crippen molar-refractivity contribution in [1.29, 1.82) is 0 Å². The highest BCUT2D eigenvalue weighted by Gasteiger charge is 2.40. The van der Waals surface area contributed by atoms with Crippen molar-refractivity contribution >= 4 is 0 Å². The molecule has 0 saturated heterocycles. The van der Waals surface area contributed by atoms with Gasteiger partial charge in [0.05, 0.1) is 5.41 Å². The fourth-order valence-electron chi connectivity index (χ4n) is 3.13. The highest BCUT2D eigenvalue weighted by Crippen LogP contribution is 2.38. The summed E-state index contributed by atoms with van der Waals surface area (Å²) in [4.78, 5) is 9.03. The molecule has 2 aromatic rings. The number of aryl methyl sites for hydroxylation is 2. The number of pyridine rings is 1. The third kappa shape index (κ3) is 2.46. The maximum Gasteiger partial charge on any atom is 0.234 e. The molecule has 2 heterocycles. The molecule has 1 fully saturated rings. The summed E-state index contributed by atoms with van der Waals surface area (Å²) in [6.07, 6.45) is 6.17. The standard InChI is InChI=1S/C16H22N4O/c1-10-8-11(2)13(18-9-10)14-19-15(21-20-14)16(3)7-5-4-6-12(16)17/h8-9,12H,4-7,17H2,1-3H3. The van der Waals surface area contributed by atoms with Crippen molar-refractivity contribution in [2.24, 2.45) is 5.73 Å². The summed E-state index contributed by atoms with van der Waals surface area (Å²) < 4.78 is 5.54. The predicted molar refractivity (Wildman–Crippen MR) is 80.8 cm³/mol. The molecule has 2 aromatic heterocycles. The quantitative estimate of drug-likeness (QED) is 0.918. The number of rotatable bonds is 2. The van der Waals surface area contributed by atoms with Crippen LogP contribution in [-0.2, 0) is 5.41 Å². The van der Waals surface area contributed by atoms with Gasteiger partial charge in [-0.2, -0.15) is 4.98 Å². The molecule has 1 aliphatic rings. The van der Waals surface area contributed by atoms with Gasteiger partial charge in [0.25, 0.3) is 0 Å². The SMILES string of the molecule is Cc1cnc(-c2noc(C3(C)CCCCC3N)n2)c(C)c1. The van der Waals surface area contributed by atoms with E-state index >= 15 is 0 Å². The maximum atomic E-state index is 6.30. The minimum absolute atomic E-state index is 0.0756. The Bertz CT molecular complexity index is 651. The average Bonchev–Trinajstić information content (AvgIpc) is 2.92. The van der Waals surface area contributed by atoms with E-state index in [4.69, 9.17) is 10.3 Å². The van der Waals surface area contributed by atoms with E-state index in [9.17, 15) is 0 Å². The lowest BCUT2D eigenvalue weighted by molar-refractivity contribution is 0.203. The Hall–Kier alpha value is -1.75. The van der Waals surface area contributed by atoms with E-state index < -0.39 is 0 Å². The van der Waals surface area contributed by atoms with Crippen molar-refractivity contribution in [3.05, 3.63) is 29.3 Å². The van der Waals surface area contributed by atoms with E-state index in [0.29, 0.717) is 11.7 Å². The van der Waals surface area contributed by atoms with Gasteiger partial charge in [0.15, 0.2) is 0 Å². The molecule has 1 saturated carbocycles. The Kier molecular flexibility index (Phi) is 3.53. The van der Waals surface area contributed by atoms with Gasteiger partial charge in [-0.25, -0.2) is 0 Å². The molecular weight excluding hydrogens is 264 g/mol. The molecule has 0 bridgehead atoms. The van der Waals surface area contributed by atoms with Crippen molar-refractivity contribution in [2.45, 2.75) is 57.9 Å². The van der Waals surface area contributed by atoms with Crippen molar-refractivity contribution in [3.63, 3.8) is 0 Å². The number of hydrogen-bond acceptors (Lipinski definition) is 5. The van der Waals surface area contributed by atoms with Crippen LogP contribution in [0.4, 0.5) is 0 Å². The van der Waals surface area contributed by atoms with Crippen molar-refractivity contribution in [3.8, 4) is 11.5 Å². The Morgan fingerprint density at radius 1 is 1.33 bits per heavy atom. The summed E-state index contributed by atoms with van der Waals surface area (Å²) in [6.45, 7) is 6.16. The third-order valence-corrected chi connectivity index (χ3v) is 4.62. The lowest BCUT2D eigenvalue weighted by Crippen LogP contribution is -2.45. The summed E-state index contributed by atoms with van der Waals surface area (Å²) in [6, 6.07) is 2.15.